The highest BCUT2D eigenvalue weighted by Gasteiger charge is 2.22. The van der Waals surface area contributed by atoms with Crippen LogP contribution in [0.3, 0.4) is 0 Å². The molecule has 0 spiro atoms. The predicted octanol–water partition coefficient (Wildman–Crippen LogP) is 2.73. The number of imidazole rings is 1. The summed E-state index contributed by atoms with van der Waals surface area (Å²) in [4.78, 5) is 4.80. The van der Waals surface area contributed by atoms with E-state index in [0.717, 1.165) is 17.1 Å². The van der Waals surface area contributed by atoms with Crippen molar-refractivity contribution in [3.8, 4) is 0 Å². The van der Waals surface area contributed by atoms with E-state index in [1.54, 1.807) is 0 Å². The summed E-state index contributed by atoms with van der Waals surface area (Å²) >= 11 is 2.03. The summed E-state index contributed by atoms with van der Waals surface area (Å²) in [6.45, 7) is 2.27. The maximum atomic E-state index is 4.80. The first-order chi connectivity index (χ1) is 8.75. The Morgan fingerprint density at radius 3 is 3.06 bits per heavy atom. The zero-order chi connectivity index (χ0) is 12.5. The minimum Gasteiger partial charge on any atom is -0.330 e. The topological polar surface area (TPSA) is 29.9 Å². The van der Waals surface area contributed by atoms with E-state index in [9.17, 15) is 0 Å². The summed E-state index contributed by atoms with van der Waals surface area (Å²) in [6, 6.07) is 9.29. The van der Waals surface area contributed by atoms with Gasteiger partial charge < -0.3 is 9.88 Å². The molecular weight excluding hydrogens is 242 g/mol. The van der Waals surface area contributed by atoms with E-state index in [4.69, 9.17) is 4.98 Å². The molecule has 0 aliphatic carbocycles. The molecule has 0 radical (unpaired) electrons. The SMILES string of the molecule is CC1CCSCC(c2nc3ccccc3n2C)N1. The highest BCUT2D eigenvalue weighted by Crippen LogP contribution is 2.25. The van der Waals surface area contributed by atoms with E-state index in [1.165, 1.54) is 17.7 Å². The van der Waals surface area contributed by atoms with Crippen LogP contribution in [0, 0.1) is 0 Å². The molecule has 0 amide bonds. The molecular formula is C14H19N3S. The van der Waals surface area contributed by atoms with Gasteiger partial charge in [0.25, 0.3) is 0 Å². The van der Waals surface area contributed by atoms with Crippen LogP contribution in [0.15, 0.2) is 24.3 Å². The number of para-hydroxylation sites is 2. The lowest BCUT2D eigenvalue weighted by Gasteiger charge is -2.18. The smallest absolute Gasteiger partial charge is 0.127 e. The Morgan fingerprint density at radius 1 is 1.39 bits per heavy atom. The van der Waals surface area contributed by atoms with E-state index in [0.29, 0.717) is 12.1 Å². The minimum absolute atomic E-state index is 0.366. The number of rotatable bonds is 1. The molecule has 1 aliphatic heterocycles. The summed E-state index contributed by atoms with van der Waals surface area (Å²) in [7, 11) is 2.12. The average molecular weight is 261 g/mol. The van der Waals surface area contributed by atoms with Gasteiger partial charge in [0, 0.05) is 18.8 Å². The first-order valence-electron chi connectivity index (χ1n) is 6.51. The minimum atomic E-state index is 0.366. The predicted molar refractivity (Wildman–Crippen MR) is 78.0 cm³/mol. The van der Waals surface area contributed by atoms with Crippen molar-refractivity contribution in [3.05, 3.63) is 30.1 Å². The van der Waals surface area contributed by atoms with Gasteiger partial charge in [-0.05, 0) is 31.2 Å². The second-order valence-electron chi connectivity index (χ2n) is 5.00. The summed E-state index contributed by atoms with van der Waals surface area (Å²) < 4.78 is 2.23. The van der Waals surface area contributed by atoms with Gasteiger partial charge in [0.05, 0.1) is 17.1 Å². The van der Waals surface area contributed by atoms with Crippen LogP contribution >= 0.6 is 11.8 Å². The lowest BCUT2D eigenvalue weighted by molar-refractivity contribution is 0.463. The van der Waals surface area contributed by atoms with E-state index in [2.05, 4.69) is 48.1 Å². The normalized spacial score (nSPS) is 25.2. The van der Waals surface area contributed by atoms with Gasteiger partial charge in [-0.1, -0.05) is 12.1 Å². The molecule has 0 saturated carbocycles. The zero-order valence-electron chi connectivity index (χ0n) is 10.9. The number of benzene rings is 1. The van der Waals surface area contributed by atoms with Gasteiger partial charge in [-0.15, -0.1) is 0 Å². The Labute approximate surface area is 112 Å². The first-order valence-corrected chi connectivity index (χ1v) is 7.66. The fraction of sp³-hybridized carbons (Fsp3) is 0.500. The lowest BCUT2D eigenvalue weighted by atomic mass is 10.2. The van der Waals surface area contributed by atoms with Crippen LogP contribution in [0.5, 0.6) is 0 Å². The summed E-state index contributed by atoms with van der Waals surface area (Å²) in [6.07, 6.45) is 1.24. The Kier molecular flexibility index (Phi) is 3.31. The van der Waals surface area contributed by atoms with Crippen LogP contribution < -0.4 is 5.32 Å². The number of hydrogen-bond acceptors (Lipinski definition) is 3. The largest absolute Gasteiger partial charge is 0.330 e. The third kappa shape index (κ3) is 2.15. The van der Waals surface area contributed by atoms with Gasteiger partial charge in [-0.3, -0.25) is 0 Å². The van der Waals surface area contributed by atoms with Gasteiger partial charge in [0.15, 0.2) is 0 Å². The van der Waals surface area contributed by atoms with Crippen LogP contribution in [-0.4, -0.2) is 27.1 Å². The van der Waals surface area contributed by atoms with Crippen LogP contribution in [0.2, 0.25) is 0 Å². The van der Waals surface area contributed by atoms with Gasteiger partial charge in [0.2, 0.25) is 0 Å². The van der Waals surface area contributed by atoms with E-state index in [1.807, 2.05) is 11.8 Å². The Bertz CT molecular complexity index is 549. The van der Waals surface area contributed by atoms with Gasteiger partial charge >= 0.3 is 0 Å². The second-order valence-corrected chi connectivity index (χ2v) is 6.15. The highest BCUT2D eigenvalue weighted by atomic mass is 32.2. The molecule has 2 unspecified atom stereocenters. The number of nitrogens with zero attached hydrogens (tertiary/aromatic N) is 2. The molecule has 3 nitrogen and oxygen atoms in total. The van der Waals surface area contributed by atoms with Crippen LogP contribution in [0.4, 0.5) is 0 Å². The van der Waals surface area contributed by atoms with E-state index in [-0.39, 0.29) is 0 Å². The van der Waals surface area contributed by atoms with Crippen molar-refractivity contribution in [1.82, 2.24) is 14.9 Å². The van der Waals surface area contributed by atoms with Crippen LogP contribution in [0.1, 0.15) is 25.2 Å². The molecule has 2 atom stereocenters. The van der Waals surface area contributed by atoms with Crippen LogP contribution in [0.25, 0.3) is 11.0 Å². The van der Waals surface area contributed by atoms with Crippen molar-refractivity contribution in [2.24, 2.45) is 7.05 Å². The van der Waals surface area contributed by atoms with Crippen molar-refractivity contribution in [2.75, 3.05) is 11.5 Å². The molecule has 2 aromatic rings. The molecule has 1 N–H and O–H groups in total. The highest BCUT2D eigenvalue weighted by molar-refractivity contribution is 7.99. The van der Waals surface area contributed by atoms with Crippen molar-refractivity contribution in [1.29, 1.82) is 0 Å². The van der Waals surface area contributed by atoms with Gasteiger partial charge in [0.1, 0.15) is 5.82 Å². The molecule has 3 rings (SSSR count). The van der Waals surface area contributed by atoms with E-state index < -0.39 is 0 Å². The molecule has 2 heterocycles. The van der Waals surface area contributed by atoms with Crippen LogP contribution in [-0.2, 0) is 7.05 Å². The number of aromatic nitrogens is 2. The van der Waals surface area contributed by atoms with Crippen molar-refractivity contribution in [2.45, 2.75) is 25.4 Å². The molecule has 0 bridgehead atoms. The average Bonchev–Trinajstić information content (AvgIpc) is 2.56. The van der Waals surface area contributed by atoms with Gasteiger partial charge in [-0.25, -0.2) is 4.98 Å². The lowest BCUT2D eigenvalue weighted by Crippen LogP contribution is -2.31. The molecule has 1 aromatic carbocycles. The molecule has 1 aromatic heterocycles. The van der Waals surface area contributed by atoms with Crippen molar-refractivity contribution >= 4 is 22.8 Å². The third-order valence-corrected chi connectivity index (χ3v) is 4.69. The number of fused-ring (bicyclic) bond motifs is 1. The number of thioether (sulfide) groups is 1. The first kappa shape index (κ1) is 12.1. The van der Waals surface area contributed by atoms with Gasteiger partial charge in [-0.2, -0.15) is 11.8 Å². The van der Waals surface area contributed by atoms with E-state index >= 15 is 0 Å². The quantitative estimate of drug-likeness (QED) is 0.856. The molecule has 96 valence electrons. The maximum absolute atomic E-state index is 4.80. The number of aryl methyl sites for hydroxylation is 1. The Hall–Kier alpha value is -1.00. The zero-order valence-corrected chi connectivity index (χ0v) is 11.7. The molecule has 1 fully saturated rings. The van der Waals surface area contributed by atoms with Crippen molar-refractivity contribution < 1.29 is 0 Å². The fourth-order valence-electron chi connectivity index (χ4n) is 2.56. The maximum Gasteiger partial charge on any atom is 0.127 e. The Morgan fingerprint density at radius 2 is 2.22 bits per heavy atom. The summed E-state index contributed by atoms with van der Waals surface area (Å²) in [5, 5.41) is 3.69. The number of nitrogens with one attached hydrogen (secondary N) is 1. The number of hydrogen-bond donors (Lipinski definition) is 1. The molecule has 1 saturated heterocycles. The second kappa shape index (κ2) is 4.94. The standard InChI is InChI=1S/C14H19N3S/c1-10-7-8-18-9-12(15-10)14-16-11-5-3-4-6-13(11)17(14)2/h3-6,10,12,15H,7-9H2,1-2H3. The molecule has 18 heavy (non-hydrogen) atoms. The monoisotopic (exact) mass is 261 g/mol. The molecule has 1 aliphatic rings. The van der Waals surface area contributed by atoms with Crippen molar-refractivity contribution in [3.63, 3.8) is 0 Å². The summed E-state index contributed by atoms with van der Waals surface area (Å²) in [5.74, 6) is 3.52. The third-order valence-electron chi connectivity index (χ3n) is 3.60. The Balaban J connectivity index is 2.00. The summed E-state index contributed by atoms with van der Waals surface area (Å²) in [5.41, 5.74) is 2.31. The fourth-order valence-corrected chi connectivity index (χ4v) is 3.73. The molecule has 4 heteroatoms.